The summed E-state index contributed by atoms with van der Waals surface area (Å²) in [6.07, 6.45) is 4.89. The van der Waals surface area contributed by atoms with Gasteiger partial charge in [-0.3, -0.25) is 9.59 Å². The van der Waals surface area contributed by atoms with Crippen LogP contribution in [0.25, 0.3) is 11.1 Å². The maximum absolute atomic E-state index is 13.5. The molecule has 6 heteroatoms. The number of carbonyl (C=O) groups excluding carboxylic acids is 2. The molecule has 1 aliphatic heterocycles. The highest BCUT2D eigenvalue weighted by atomic mass is 16.2. The second-order valence-electron chi connectivity index (χ2n) is 8.86. The Morgan fingerprint density at radius 3 is 2.55 bits per heavy atom. The molecule has 0 saturated carbocycles. The van der Waals surface area contributed by atoms with Gasteiger partial charge in [0, 0.05) is 45.6 Å². The molecule has 172 valence electrons. The van der Waals surface area contributed by atoms with Crippen molar-refractivity contribution in [2.75, 3.05) is 26.2 Å². The molecule has 1 atom stereocenters. The normalized spacial score (nSPS) is 16.7. The SMILES string of the molecule is CCCN1CCN(C(=O)c2nccn2C)CC(Cc2ccccc2-c2ccc(C)cc2)C1=O. The van der Waals surface area contributed by atoms with E-state index in [0.717, 1.165) is 23.1 Å². The van der Waals surface area contributed by atoms with Gasteiger partial charge in [0.25, 0.3) is 5.91 Å². The Morgan fingerprint density at radius 1 is 1.09 bits per heavy atom. The topological polar surface area (TPSA) is 58.4 Å². The fourth-order valence-electron chi connectivity index (χ4n) is 4.57. The van der Waals surface area contributed by atoms with Crippen molar-refractivity contribution in [3.63, 3.8) is 0 Å². The standard InChI is InChI=1S/C27H32N4O2/c1-4-14-30-16-17-31(27(33)25-28-13-15-29(25)3)19-23(26(30)32)18-22-7-5-6-8-24(22)21-11-9-20(2)10-12-21/h5-13,15,23H,4,14,16-19H2,1-3H3. The second kappa shape index (κ2) is 10.0. The summed E-state index contributed by atoms with van der Waals surface area (Å²) in [5, 5.41) is 0. The number of imidazole rings is 1. The van der Waals surface area contributed by atoms with E-state index in [-0.39, 0.29) is 17.7 Å². The lowest BCUT2D eigenvalue weighted by Gasteiger charge is -2.24. The minimum Gasteiger partial charge on any atom is -0.341 e. The largest absolute Gasteiger partial charge is 0.341 e. The highest BCUT2D eigenvalue weighted by molar-refractivity contribution is 5.92. The highest BCUT2D eigenvalue weighted by Gasteiger charge is 2.33. The average Bonchev–Trinajstić information content (AvgIpc) is 3.19. The zero-order valence-corrected chi connectivity index (χ0v) is 19.7. The van der Waals surface area contributed by atoms with E-state index >= 15 is 0 Å². The molecular weight excluding hydrogens is 412 g/mol. The third kappa shape index (κ3) is 5.00. The van der Waals surface area contributed by atoms with Crippen LogP contribution in [0.5, 0.6) is 0 Å². The number of aryl methyl sites for hydroxylation is 2. The first-order chi connectivity index (χ1) is 16.0. The first-order valence-corrected chi connectivity index (χ1v) is 11.7. The molecule has 1 aliphatic rings. The molecule has 4 rings (SSSR count). The van der Waals surface area contributed by atoms with Gasteiger partial charge in [0.1, 0.15) is 0 Å². The van der Waals surface area contributed by atoms with Crippen LogP contribution in [0.1, 0.15) is 35.1 Å². The van der Waals surface area contributed by atoms with Crippen molar-refractivity contribution in [1.29, 1.82) is 0 Å². The van der Waals surface area contributed by atoms with Crippen molar-refractivity contribution in [1.82, 2.24) is 19.4 Å². The number of amides is 2. The van der Waals surface area contributed by atoms with Crippen LogP contribution in [-0.2, 0) is 18.3 Å². The van der Waals surface area contributed by atoms with E-state index in [9.17, 15) is 9.59 Å². The minimum absolute atomic E-state index is 0.120. The molecule has 2 aromatic carbocycles. The summed E-state index contributed by atoms with van der Waals surface area (Å²) in [5.74, 6) is 0.122. The summed E-state index contributed by atoms with van der Waals surface area (Å²) < 4.78 is 1.74. The van der Waals surface area contributed by atoms with E-state index in [2.05, 4.69) is 55.2 Å². The van der Waals surface area contributed by atoms with Gasteiger partial charge in [-0.25, -0.2) is 4.98 Å². The minimum atomic E-state index is -0.296. The van der Waals surface area contributed by atoms with Gasteiger partial charge in [-0.15, -0.1) is 0 Å². The number of benzene rings is 2. The molecule has 1 saturated heterocycles. The molecule has 0 aliphatic carbocycles. The first-order valence-electron chi connectivity index (χ1n) is 11.7. The fourth-order valence-corrected chi connectivity index (χ4v) is 4.57. The molecule has 3 aromatic rings. The van der Waals surface area contributed by atoms with Gasteiger partial charge in [0.2, 0.25) is 5.91 Å². The van der Waals surface area contributed by atoms with Gasteiger partial charge in [-0.05, 0) is 36.5 Å². The molecule has 1 fully saturated rings. The molecule has 2 heterocycles. The molecule has 0 spiro atoms. The van der Waals surface area contributed by atoms with E-state index in [1.807, 2.05) is 24.1 Å². The lowest BCUT2D eigenvalue weighted by molar-refractivity contribution is -0.134. The Hall–Kier alpha value is -3.41. The summed E-state index contributed by atoms with van der Waals surface area (Å²) in [4.78, 5) is 34.7. The van der Waals surface area contributed by atoms with Gasteiger partial charge >= 0.3 is 0 Å². The van der Waals surface area contributed by atoms with Crippen LogP contribution in [0.3, 0.4) is 0 Å². The highest BCUT2D eigenvalue weighted by Crippen LogP contribution is 2.28. The quantitative estimate of drug-likeness (QED) is 0.579. The Labute approximate surface area is 195 Å². The first kappa shape index (κ1) is 22.8. The molecule has 0 bridgehead atoms. The van der Waals surface area contributed by atoms with Crippen LogP contribution in [-0.4, -0.2) is 57.3 Å². The third-order valence-corrected chi connectivity index (χ3v) is 6.38. The van der Waals surface area contributed by atoms with Crippen molar-refractivity contribution in [3.8, 4) is 11.1 Å². The zero-order valence-electron chi connectivity index (χ0n) is 19.7. The zero-order chi connectivity index (χ0) is 23.4. The van der Waals surface area contributed by atoms with Crippen LogP contribution in [0.4, 0.5) is 0 Å². The second-order valence-corrected chi connectivity index (χ2v) is 8.86. The van der Waals surface area contributed by atoms with E-state index in [1.54, 1.807) is 21.9 Å². The van der Waals surface area contributed by atoms with Crippen molar-refractivity contribution >= 4 is 11.8 Å². The maximum atomic E-state index is 13.5. The predicted molar refractivity (Wildman–Crippen MR) is 130 cm³/mol. The van der Waals surface area contributed by atoms with Gasteiger partial charge in [-0.1, -0.05) is 61.0 Å². The third-order valence-electron chi connectivity index (χ3n) is 6.38. The lowest BCUT2D eigenvalue weighted by atomic mass is 9.91. The molecule has 33 heavy (non-hydrogen) atoms. The van der Waals surface area contributed by atoms with Gasteiger partial charge in [0.15, 0.2) is 5.82 Å². The Bertz CT molecular complexity index is 1120. The fraction of sp³-hybridized carbons (Fsp3) is 0.370. The number of aromatic nitrogens is 2. The Morgan fingerprint density at radius 2 is 1.85 bits per heavy atom. The molecule has 0 N–H and O–H groups in total. The van der Waals surface area contributed by atoms with E-state index < -0.39 is 0 Å². The number of nitrogens with zero attached hydrogens (tertiary/aromatic N) is 4. The number of carbonyl (C=O) groups is 2. The van der Waals surface area contributed by atoms with Crippen LogP contribution in [0.15, 0.2) is 60.9 Å². The van der Waals surface area contributed by atoms with E-state index in [4.69, 9.17) is 0 Å². The molecule has 2 amide bonds. The smallest absolute Gasteiger partial charge is 0.289 e. The molecule has 0 radical (unpaired) electrons. The summed E-state index contributed by atoms with van der Waals surface area (Å²) in [5.41, 5.74) is 4.62. The Balaban J connectivity index is 1.64. The van der Waals surface area contributed by atoms with Crippen molar-refractivity contribution < 1.29 is 9.59 Å². The van der Waals surface area contributed by atoms with Crippen LogP contribution in [0, 0.1) is 12.8 Å². The van der Waals surface area contributed by atoms with Crippen LogP contribution >= 0.6 is 0 Å². The maximum Gasteiger partial charge on any atom is 0.289 e. The van der Waals surface area contributed by atoms with Gasteiger partial charge in [0.05, 0.1) is 5.92 Å². The lowest BCUT2D eigenvalue weighted by Crippen LogP contribution is -2.38. The summed E-state index contributed by atoms with van der Waals surface area (Å²) in [6.45, 7) is 6.34. The molecular formula is C27H32N4O2. The number of hydrogen-bond acceptors (Lipinski definition) is 3. The summed E-state index contributed by atoms with van der Waals surface area (Å²) >= 11 is 0. The van der Waals surface area contributed by atoms with E-state index in [0.29, 0.717) is 38.4 Å². The molecule has 1 unspecified atom stereocenters. The number of hydrogen-bond donors (Lipinski definition) is 0. The monoisotopic (exact) mass is 444 g/mol. The summed E-state index contributed by atoms with van der Waals surface area (Å²) in [6, 6.07) is 16.7. The van der Waals surface area contributed by atoms with Gasteiger partial charge in [-0.2, -0.15) is 0 Å². The van der Waals surface area contributed by atoms with Crippen molar-refractivity contribution in [2.45, 2.75) is 26.7 Å². The predicted octanol–water partition coefficient (Wildman–Crippen LogP) is 3.95. The van der Waals surface area contributed by atoms with Gasteiger partial charge < -0.3 is 14.4 Å². The van der Waals surface area contributed by atoms with E-state index in [1.165, 1.54) is 5.56 Å². The molecule has 6 nitrogen and oxygen atoms in total. The Kier molecular flexibility index (Phi) is 6.92. The molecule has 1 aromatic heterocycles. The van der Waals surface area contributed by atoms with Crippen molar-refractivity contribution in [2.24, 2.45) is 13.0 Å². The number of rotatable bonds is 6. The van der Waals surface area contributed by atoms with Crippen LogP contribution in [0.2, 0.25) is 0 Å². The average molecular weight is 445 g/mol. The summed E-state index contributed by atoms with van der Waals surface area (Å²) in [7, 11) is 1.82. The van der Waals surface area contributed by atoms with Crippen LogP contribution < -0.4 is 0 Å². The van der Waals surface area contributed by atoms with Crippen molar-refractivity contribution in [3.05, 3.63) is 77.9 Å².